The van der Waals surface area contributed by atoms with Crippen LogP contribution in [0.1, 0.15) is 30.0 Å². The van der Waals surface area contributed by atoms with Gasteiger partial charge in [0.15, 0.2) is 0 Å². The third kappa shape index (κ3) is 3.78. The first-order chi connectivity index (χ1) is 6.99. The normalized spacial score (nSPS) is 12.5. The summed E-state index contributed by atoms with van der Waals surface area (Å²) in [7, 11) is 0. The maximum Gasteiger partial charge on any atom is 0.00102 e. The van der Waals surface area contributed by atoms with Crippen LogP contribution in [0.2, 0.25) is 0 Å². The molecule has 2 N–H and O–H groups in total. The van der Waals surface area contributed by atoms with Gasteiger partial charge in [0.25, 0.3) is 0 Å². The highest BCUT2D eigenvalue weighted by molar-refractivity contribution is 5.30. The van der Waals surface area contributed by atoms with Gasteiger partial charge in [0.1, 0.15) is 0 Å². The smallest absolute Gasteiger partial charge is 0.00102 e. The molecule has 1 atom stereocenters. The highest BCUT2D eigenvalue weighted by Crippen LogP contribution is 2.18. The summed E-state index contributed by atoms with van der Waals surface area (Å²) in [5.74, 6) is 0.572. The number of hydrogen-bond donors (Lipinski definition) is 1. The van der Waals surface area contributed by atoms with Crippen molar-refractivity contribution in [3.8, 4) is 0 Å². The molecular weight excluding hydrogens is 182 g/mol. The fourth-order valence-corrected chi connectivity index (χ4v) is 1.92. The van der Waals surface area contributed by atoms with Gasteiger partial charge in [-0.1, -0.05) is 37.3 Å². The summed E-state index contributed by atoms with van der Waals surface area (Å²) in [4.78, 5) is 0. The van der Waals surface area contributed by atoms with Crippen LogP contribution in [0.3, 0.4) is 0 Å². The van der Waals surface area contributed by atoms with Crippen molar-refractivity contribution in [2.75, 3.05) is 0 Å². The summed E-state index contributed by atoms with van der Waals surface area (Å²) in [6.07, 6.45) is 2.00. The van der Waals surface area contributed by atoms with Crippen molar-refractivity contribution in [3.63, 3.8) is 0 Å². The molecule has 0 spiro atoms. The summed E-state index contributed by atoms with van der Waals surface area (Å²) in [5.41, 5.74) is 10.5. The molecule has 0 heterocycles. The summed E-state index contributed by atoms with van der Waals surface area (Å²) >= 11 is 0. The quantitative estimate of drug-likeness (QED) is 0.798. The van der Waals surface area contributed by atoms with Crippen LogP contribution in [0, 0.1) is 19.8 Å². The second kappa shape index (κ2) is 5.01. The molecule has 0 saturated carbocycles. The average Bonchev–Trinajstić information content (AvgIpc) is 2.10. The summed E-state index contributed by atoms with van der Waals surface area (Å²) in [6, 6.07) is 6.62. The topological polar surface area (TPSA) is 26.0 Å². The van der Waals surface area contributed by atoms with E-state index in [1.165, 1.54) is 16.7 Å². The van der Waals surface area contributed by atoms with Crippen molar-refractivity contribution >= 4 is 0 Å². The fraction of sp³-hybridized carbons (Fsp3) is 0.429. The van der Waals surface area contributed by atoms with Gasteiger partial charge in [-0.3, -0.25) is 0 Å². The van der Waals surface area contributed by atoms with Gasteiger partial charge in [-0.05, 0) is 43.7 Å². The van der Waals surface area contributed by atoms with Gasteiger partial charge in [0, 0.05) is 5.70 Å². The van der Waals surface area contributed by atoms with Gasteiger partial charge in [0.2, 0.25) is 0 Å². The number of nitrogens with two attached hydrogens (primary N) is 1. The molecule has 0 aliphatic carbocycles. The number of allylic oxidation sites excluding steroid dienone is 1. The van der Waals surface area contributed by atoms with Crippen LogP contribution in [0.15, 0.2) is 30.5 Å². The fourth-order valence-electron chi connectivity index (χ4n) is 1.92. The molecule has 0 fully saturated rings. The van der Waals surface area contributed by atoms with Crippen molar-refractivity contribution in [3.05, 3.63) is 47.2 Å². The van der Waals surface area contributed by atoms with Crippen LogP contribution in [0.25, 0.3) is 0 Å². The summed E-state index contributed by atoms with van der Waals surface area (Å²) in [6.45, 7) is 10.3. The molecule has 0 amide bonds. The molecule has 15 heavy (non-hydrogen) atoms. The molecule has 1 aromatic carbocycles. The van der Waals surface area contributed by atoms with E-state index in [2.05, 4.69) is 45.5 Å². The van der Waals surface area contributed by atoms with Gasteiger partial charge in [-0.15, -0.1) is 0 Å². The van der Waals surface area contributed by atoms with E-state index in [0.29, 0.717) is 5.92 Å². The van der Waals surface area contributed by atoms with Crippen LogP contribution in [0.4, 0.5) is 0 Å². The molecule has 1 aromatic rings. The Kier molecular flexibility index (Phi) is 3.96. The largest absolute Gasteiger partial charge is 0.403 e. The predicted octanol–water partition coefficient (Wildman–Crippen LogP) is 3.34. The molecule has 0 aliphatic heterocycles. The Bertz CT molecular complexity index is 352. The Morgan fingerprint density at radius 2 is 2.07 bits per heavy atom. The minimum absolute atomic E-state index is 0.572. The molecule has 1 unspecified atom stereocenters. The summed E-state index contributed by atoms with van der Waals surface area (Å²) < 4.78 is 0. The van der Waals surface area contributed by atoms with E-state index in [0.717, 1.165) is 18.5 Å². The zero-order chi connectivity index (χ0) is 11.4. The van der Waals surface area contributed by atoms with Crippen molar-refractivity contribution < 1.29 is 0 Å². The van der Waals surface area contributed by atoms with Crippen LogP contribution in [-0.4, -0.2) is 0 Å². The van der Waals surface area contributed by atoms with Gasteiger partial charge >= 0.3 is 0 Å². The first kappa shape index (κ1) is 11.8. The monoisotopic (exact) mass is 203 g/mol. The molecule has 82 valence electrons. The van der Waals surface area contributed by atoms with Crippen LogP contribution < -0.4 is 5.73 Å². The highest BCUT2D eigenvalue weighted by atomic mass is 14.6. The Balaban J connectivity index is 2.71. The lowest BCUT2D eigenvalue weighted by Crippen LogP contribution is -2.06. The third-order valence-corrected chi connectivity index (χ3v) is 2.68. The molecule has 0 saturated heterocycles. The Morgan fingerprint density at radius 1 is 1.40 bits per heavy atom. The van der Waals surface area contributed by atoms with Gasteiger partial charge in [0.05, 0.1) is 0 Å². The van der Waals surface area contributed by atoms with E-state index in [1.54, 1.807) is 0 Å². The van der Waals surface area contributed by atoms with E-state index in [-0.39, 0.29) is 0 Å². The third-order valence-electron chi connectivity index (χ3n) is 2.68. The lowest BCUT2D eigenvalue weighted by molar-refractivity contribution is 0.570. The SMILES string of the molecule is C=C(N)CC(C)Cc1cc(C)ccc1C. The standard InChI is InChI=1S/C14H21N/c1-10-5-6-12(3)14(8-10)9-11(2)7-13(4)15/h5-6,8,11H,4,7,9,15H2,1-3H3. The molecule has 0 bridgehead atoms. The molecular formula is C14H21N. The van der Waals surface area contributed by atoms with E-state index < -0.39 is 0 Å². The van der Waals surface area contributed by atoms with Crippen molar-refractivity contribution in [2.24, 2.45) is 11.7 Å². The average molecular weight is 203 g/mol. The second-order valence-electron chi connectivity index (χ2n) is 4.60. The first-order valence-corrected chi connectivity index (χ1v) is 5.48. The van der Waals surface area contributed by atoms with Crippen molar-refractivity contribution in [1.82, 2.24) is 0 Å². The van der Waals surface area contributed by atoms with Crippen molar-refractivity contribution in [1.29, 1.82) is 0 Å². The first-order valence-electron chi connectivity index (χ1n) is 5.48. The van der Waals surface area contributed by atoms with E-state index >= 15 is 0 Å². The van der Waals surface area contributed by atoms with Crippen LogP contribution in [-0.2, 0) is 6.42 Å². The minimum Gasteiger partial charge on any atom is -0.403 e. The predicted molar refractivity (Wildman–Crippen MR) is 66.7 cm³/mol. The Hall–Kier alpha value is -1.24. The maximum absolute atomic E-state index is 5.62. The summed E-state index contributed by atoms with van der Waals surface area (Å²) in [5, 5.41) is 0. The molecule has 1 rings (SSSR count). The molecule has 0 aromatic heterocycles. The molecule has 0 aliphatic rings. The zero-order valence-electron chi connectivity index (χ0n) is 10.0. The molecule has 1 nitrogen and oxygen atoms in total. The van der Waals surface area contributed by atoms with Gasteiger partial charge < -0.3 is 5.73 Å². The lowest BCUT2D eigenvalue weighted by Gasteiger charge is -2.13. The molecule has 0 radical (unpaired) electrons. The second-order valence-corrected chi connectivity index (χ2v) is 4.60. The molecule has 1 heteroatoms. The van der Waals surface area contributed by atoms with Crippen LogP contribution >= 0.6 is 0 Å². The van der Waals surface area contributed by atoms with E-state index in [4.69, 9.17) is 5.73 Å². The Morgan fingerprint density at radius 3 is 2.67 bits per heavy atom. The zero-order valence-corrected chi connectivity index (χ0v) is 10.0. The van der Waals surface area contributed by atoms with Crippen LogP contribution in [0.5, 0.6) is 0 Å². The number of hydrogen-bond acceptors (Lipinski definition) is 1. The van der Waals surface area contributed by atoms with Gasteiger partial charge in [-0.25, -0.2) is 0 Å². The maximum atomic E-state index is 5.62. The number of benzene rings is 1. The lowest BCUT2D eigenvalue weighted by atomic mass is 9.93. The van der Waals surface area contributed by atoms with Gasteiger partial charge in [-0.2, -0.15) is 0 Å². The number of aryl methyl sites for hydroxylation is 2. The highest BCUT2D eigenvalue weighted by Gasteiger charge is 2.06. The number of rotatable bonds is 4. The minimum atomic E-state index is 0.572. The Labute approximate surface area is 93.0 Å². The van der Waals surface area contributed by atoms with E-state index in [9.17, 15) is 0 Å². The van der Waals surface area contributed by atoms with E-state index in [1.807, 2.05) is 0 Å². The van der Waals surface area contributed by atoms with Crippen molar-refractivity contribution in [2.45, 2.75) is 33.6 Å².